The van der Waals surface area contributed by atoms with E-state index in [9.17, 15) is 9.90 Å². The number of piperazine rings is 1. The van der Waals surface area contributed by atoms with Gasteiger partial charge >= 0.3 is 0 Å². The first-order valence-corrected chi connectivity index (χ1v) is 13.2. The average Bonchev–Trinajstić information content (AvgIpc) is 3.62. The van der Waals surface area contributed by atoms with E-state index in [-0.39, 0.29) is 11.5 Å². The van der Waals surface area contributed by atoms with Gasteiger partial charge in [0, 0.05) is 69.7 Å². The Labute approximate surface area is 216 Å². The highest BCUT2D eigenvalue weighted by atomic mass is 16.5. The van der Waals surface area contributed by atoms with Crippen molar-refractivity contribution in [2.75, 3.05) is 56.0 Å². The van der Waals surface area contributed by atoms with Gasteiger partial charge in [0.2, 0.25) is 5.91 Å². The zero-order valence-corrected chi connectivity index (χ0v) is 21.6. The van der Waals surface area contributed by atoms with Gasteiger partial charge in [0.05, 0.1) is 29.7 Å². The molecule has 3 aliphatic heterocycles. The molecule has 2 saturated heterocycles. The summed E-state index contributed by atoms with van der Waals surface area (Å²) in [5.41, 5.74) is 3.93. The molecular formula is C27H35N7O3. The molecule has 1 aromatic carbocycles. The molecule has 1 amide bonds. The van der Waals surface area contributed by atoms with E-state index < -0.39 is 6.23 Å². The molecule has 0 radical (unpaired) electrons. The minimum atomic E-state index is -0.973. The van der Waals surface area contributed by atoms with Gasteiger partial charge in [-0.3, -0.25) is 9.69 Å². The van der Waals surface area contributed by atoms with E-state index in [1.54, 1.807) is 16.9 Å². The van der Waals surface area contributed by atoms with Gasteiger partial charge in [0.25, 0.3) is 0 Å². The summed E-state index contributed by atoms with van der Waals surface area (Å²) < 4.78 is 7.90. The Morgan fingerprint density at radius 1 is 1.16 bits per heavy atom. The molecule has 6 rings (SSSR count). The summed E-state index contributed by atoms with van der Waals surface area (Å²) in [6.45, 7) is 9.66. The monoisotopic (exact) mass is 505 g/mol. The summed E-state index contributed by atoms with van der Waals surface area (Å²) in [6, 6.07) is 6.01. The van der Waals surface area contributed by atoms with Crippen LogP contribution in [0.3, 0.4) is 0 Å². The molecule has 2 aromatic heterocycles. The van der Waals surface area contributed by atoms with Crippen LogP contribution in [0.2, 0.25) is 0 Å². The van der Waals surface area contributed by atoms with Crippen molar-refractivity contribution in [2.45, 2.75) is 44.9 Å². The maximum atomic E-state index is 12.6. The van der Waals surface area contributed by atoms with Crippen molar-refractivity contribution in [1.82, 2.24) is 24.4 Å². The van der Waals surface area contributed by atoms with Crippen LogP contribution in [0.25, 0.3) is 5.65 Å². The standard InChI is InChI=1S/C27H35N7O3/c1-27(2)16-19-14-21(30-26(36)20-17-29-34-9-5-6-28-25(20)34)22(15-23(19)37-27)32-12-10-31(11-13-32)18-24(35)33-7-3-4-8-33/h5-6,9,14-15,17,26,30,36H,3-4,7-8,10-13,16,18H2,1-2H3. The third-order valence-electron chi connectivity index (χ3n) is 7.61. The molecular weight excluding hydrogens is 470 g/mol. The molecule has 1 atom stereocenters. The van der Waals surface area contributed by atoms with Gasteiger partial charge in [-0.25, -0.2) is 9.50 Å². The first-order valence-electron chi connectivity index (χ1n) is 13.2. The molecule has 0 aliphatic carbocycles. The highest BCUT2D eigenvalue weighted by Crippen LogP contribution is 2.42. The number of aliphatic hydroxyl groups excluding tert-OH is 1. The van der Waals surface area contributed by atoms with Crippen LogP contribution in [0.15, 0.2) is 36.8 Å². The first kappa shape index (κ1) is 24.0. The average molecular weight is 506 g/mol. The Kier molecular flexibility index (Phi) is 6.16. The van der Waals surface area contributed by atoms with Gasteiger partial charge in [0.15, 0.2) is 11.9 Å². The highest BCUT2D eigenvalue weighted by Gasteiger charge is 2.33. The predicted molar refractivity (Wildman–Crippen MR) is 141 cm³/mol. The Morgan fingerprint density at radius 2 is 1.95 bits per heavy atom. The largest absolute Gasteiger partial charge is 0.487 e. The summed E-state index contributed by atoms with van der Waals surface area (Å²) in [7, 11) is 0. The van der Waals surface area contributed by atoms with Gasteiger partial charge in [0.1, 0.15) is 11.4 Å². The number of amides is 1. The van der Waals surface area contributed by atoms with Gasteiger partial charge in [-0.15, -0.1) is 0 Å². The second kappa shape index (κ2) is 9.50. The number of likely N-dealkylation sites (tertiary alicyclic amines) is 1. The third-order valence-corrected chi connectivity index (χ3v) is 7.61. The summed E-state index contributed by atoms with van der Waals surface area (Å²) in [5.74, 6) is 1.14. The van der Waals surface area contributed by atoms with Crippen molar-refractivity contribution in [2.24, 2.45) is 0 Å². The Morgan fingerprint density at radius 3 is 2.73 bits per heavy atom. The zero-order valence-electron chi connectivity index (χ0n) is 21.6. The van der Waals surface area contributed by atoms with Crippen molar-refractivity contribution < 1.29 is 14.6 Å². The maximum Gasteiger partial charge on any atom is 0.236 e. The molecule has 3 aromatic rings. The quantitative estimate of drug-likeness (QED) is 0.493. The van der Waals surface area contributed by atoms with Gasteiger partial charge in [-0.2, -0.15) is 5.10 Å². The Hall–Kier alpha value is -3.37. The lowest BCUT2D eigenvalue weighted by atomic mass is 10.0. The lowest BCUT2D eigenvalue weighted by Gasteiger charge is -2.37. The number of hydrogen-bond acceptors (Lipinski definition) is 8. The van der Waals surface area contributed by atoms with Crippen molar-refractivity contribution in [3.05, 3.63) is 47.9 Å². The molecule has 3 aliphatic rings. The van der Waals surface area contributed by atoms with Crippen LogP contribution in [-0.4, -0.2) is 86.8 Å². The molecule has 2 N–H and O–H groups in total. The van der Waals surface area contributed by atoms with Crippen molar-refractivity contribution >= 4 is 22.9 Å². The number of fused-ring (bicyclic) bond motifs is 2. The molecule has 0 bridgehead atoms. The second-order valence-electron chi connectivity index (χ2n) is 10.9. The number of ether oxygens (including phenoxy) is 1. The summed E-state index contributed by atoms with van der Waals surface area (Å²) in [6.07, 6.45) is 7.22. The molecule has 0 saturated carbocycles. The molecule has 196 valence electrons. The van der Waals surface area contributed by atoms with E-state index in [0.29, 0.717) is 17.8 Å². The number of aliphatic hydroxyl groups is 1. The maximum absolute atomic E-state index is 12.6. The smallest absolute Gasteiger partial charge is 0.236 e. The molecule has 1 unspecified atom stereocenters. The number of benzene rings is 1. The lowest BCUT2D eigenvalue weighted by molar-refractivity contribution is -0.131. The fraction of sp³-hybridized carbons (Fsp3) is 0.519. The number of rotatable bonds is 6. The fourth-order valence-electron chi connectivity index (χ4n) is 5.68. The normalized spacial score (nSPS) is 20.2. The zero-order chi connectivity index (χ0) is 25.6. The van der Waals surface area contributed by atoms with Crippen molar-refractivity contribution in [3.63, 3.8) is 0 Å². The van der Waals surface area contributed by atoms with E-state index in [2.05, 4.69) is 51.2 Å². The second-order valence-corrected chi connectivity index (χ2v) is 10.9. The Balaban J connectivity index is 1.22. The van der Waals surface area contributed by atoms with Crippen LogP contribution < -0.4 is 15.0 Å². The molecule has 0 spiro atoms. The van der Waals surface area contributed by atoms with E-state index >= 15 is 0 Å². The van der Waals surface area contributed by atoms with E-state index in [4.69, 9.17) is 4.74 Å². The highest BCUT2D eigenvalue weighted by molar-refractivity contribution is 5.79. The number of nitrogens with one attached hydrogen (secondary N) is 1. The van der Waals surface area contributed by atoms with Gasteiger partial charge in [-0.1, -0.05) is 0 Å². The van der Waals surface area contributed by atoms with Crippen LogP contribution >= 0.6 is 0 Å². The van der Waals surface area contributed by atoms with Gasteiger partial charge < -0.3 is 25.0 Å². The number of nitrogens with zero attached hydrogens (tertiary/aromatic N) is 6. The summed E-state index contributed by atoms with van der Waals surface area (Å²) >= 11 is 0. The topological polar surface area (TPSA) is 98.5 Å². The number of carbonyl (C=O) groups excluding carboxylic acids is 1. The predicted octanol–water partition coefficient (Wildman–Crippen LogP) is 2.29. The van der Waals surface area contributed by atoms with Crippen LogP contribution in [0.5, 0.6) is 5.75 Å². The third kappa shape index (κ3) is 4.83. The summed E-state index contributed by atoms with van der Waals surface area (Å²) in [4.78, 5) is 23.6. The molecule has 10 heteroatoms. The van der Waals surface area contributed by atoms with Crippen LogP contribution in [-0.2, 0) is 11.2 Å². The van der Waals surface area contributed by atoms with Crippen LogP contribution in [0.4, 0.5) is 11.4 Å². The molecule has 37 heavy (non-hydrogen) atoms. The minimum Gasteiger partial charge on any atom is -0.487 e. The number of anilines is 2. The van der Waals surface area contributed by atoms with Crippen LogP contribution in [0.1, 0.15) is 44.0 Å². The Bertz CT molecular complexity index is 1290. The number of hydrogen-bond donors (Lipinski definition) is 2. The molecule has 5 heterocycles. The van der Waals surface area contributed by atoms with Crippen molar-refractivity contribution in [1.29, 1.82) is 0 Å². The lowest BCUT2D eigenvalue weighted by Crippen LogP contribution is -2.50. The number of carbonyl (C=O) groups is 1. The number of aromatic nitrogens is 3. The summed E-state index contributed by atoms with van der Waals surface area (Å²) in [5, 5.41) is 18.8. The van der Waals surface area contributed by atoms with E-state index in [0.717, 1.165) is 81.2 Å². The van der Waals surface area contributed by atoms with Crippen LogP contribution in [0, 0.1) is 0 Å². The van der Waals surface area contributed by atoms with E-state index in [1.165, 1.54) is 0 Å². The van der Waals surface area contributed by atoms with Gasteiger partial charge in [-0.05, 0) is 38.8 Å². The molecule has 2 fully saturated rings. The van der Waals surface area contributed by atoms with E-state index in [1.807, 2.05) is 17.2 Å². The van der Waals surface area contributed by atoms with Crippen molar-refractivity contribution in [3.8, 4) is 5.75 Å². The SMILES string of the molecule is CC1(C)Cc2cc(NC(O)c3cnn4cccnc34)c(N3CCN(CC(=O)N4CCCC4)CC3)cc2O1. The first-order chi connectivity index (χ1) is 17.9. The fourth-order valence-corrected chi connectivity index (χ4v) is 5.68. The molecule has 10 nitrogen and oxygen atoms in total. The minimum absolute atomic E-state index is 0.242.